The van der Waals surface area contributed by atoms with Gasteiger partial charge in [-0.1, -0.05) is 13.8 Å². The van der Waals surface area contributed by atoms with Gasteiger partial charge in [0, 0.05) is 26.3 Å². The first kappa shape index (κ1) is 17.4. The molecule has 118 valence electrons. The van der Waals surface area contributed by atoms with E-state index in [1.54, 1.807) is 0 Å². The van der Waals surface area contributed by atoms with Gasteiger partial charge >= 0.3 is 0 Å². The molecular formula is C15H30N2O3. The Morgan fingerprint density at radius 1 is 1.45 bits per heavy atom. The lowest BCUT2D eigenvalue weighted by atomic mass is 9.81. The third-order valence-electron chi connectivity index (χ3n) is 4.30. The van der Waals surface area contributed by atoms with Crippen LogP contribution in [0.25, 0.3) is 0 Å². The monoisotopic (exact) mass is 286 g/mol. The van der Waals surface area contributed by atoms with E-state index in [0.717, 1.165) is 38.7 Å². The van der Waals surface area contributed by atoms with Crippen LogP contribution in [-0.4, -0.2) is 44.9 Å². The van der Waals surface area contributed by atoms with E-state index in [-0.39, 0.29) is 12.0 Å². The second kappa shape index (κ2) is 9.32. The number of hydrogen-bond acceptors (Lipinski definition) is 4. The van der Waals surface area contributed by atoms with Crippen molar-refractivity contribution in [2.24, 2.45) is 11.1 Å². The maximum Gasteiger partial charge on any atom is 0.227 e. The molecule has 3 N–H and O–H groups in total. The topological polar surface area (TPSA) is 73.6 Å². The van der Waals surface area contributed by atoms with Crippen LogP contribution in [0.5, 0.6) is 0 Å². The first-order valence-electron chi connectivity index (χ1n) is 7.86. The minimum atomic E-state index is -0.404. The summed E-state index contributed by atoms with van der Waals surface area (Å²) < 4.78 is 11.0. The van der Waals surface area contributed by atoms with Crippen molar-refractivity contribution in [1.29, 1.82) is 0 Å². The van der Waals surface area contributed by atoms with Crippen LogP contribution in [-0.2, 0) is 14.3 Å². The summed E-state index contributed by atoms with van der Waals surface area (Å²) in [5, 5.41) is 2.97. The molecule has 5 nitrogen and oxygen atoms in total. The van der Waals surface area contributed by atoms with Crippen LogP contribution < -0.4 is 11.1 Å². The highest BCUT2D eigenvalue weighted by atomic mass is 16.5. The van der Waals surface area contributed by atoms with E-state index in [1.165, 1.54) is 0 Å². The van der Waals surface area contributed by atoms with Crippen molar-refractivity contribution in [3.8, 4) is 0 Å². The first-order chi connectivity index (χ1) is 9.68. The number of nitrogens with two attached hydrogens (primary N) is 1. The number of ether oxygens (including phenoxy) is 2. The first-order valence-corrected chi connectivity index (χ1v) is 7.86. The summed E-state index contributed by atoms with van der Waals surface area (Å²) in [6.45, 7) is 7.27. The van der Waals surface area contributed by atoms with Gasteiger partial charge in [0.25, 0.3) is 0 Å². The molecule has 0 saturated carbocycles. The second-order valence-corrected chi connectivity index (χ2v) is 5.51. The molecule has 1 heterocycles. The van der Waals surface area contributed by atoms with Crippen molar-refractivity contribution >= 4 is 5.91 Å². The van der Waals surface area contributed by atoms with Crippen molar-refractivity contribution in [2.75, 3.05) is 32.9 Å². The van der Waals surface area contributed by atoms with Crippen molar-refractivity contribution in [3.05, 3.63) is 0 Å². The van der Waals surface area contributed by atoms with Crippen LogP contribution in [0.3, 0.4) is 0 Å². The van der Waals surface area contributed by atoms with Gasteiger partial charge in [-0.05, 0) is 32.1 Å². The van der Waals surface area contributed by atoms with E-state index in [1.807, 2.05) is 13.8 Å². The summed E-state index contributed by atoms with van der Waals surface area (Å²) in [5.41, 5.74) is 5.35. The lowest BCUT2D eigenvalue weighted by Crippen LogP contribution is -2.45. The van der Waals surface area contributed by atoms with Gasteiger partial charge in [-0.15, -0.1) is 0 Å². The fourth-order valence-electron chi connectivity index (χ4n) is 2.51. The Balaban J connectivity index is 2.09. The smallest absolute Gasteiger partial charge is 0.227 e. The molecule has 1 rings (SSSR count). The molecule has 1 aliphatic rings. The molecule has 0 bridgehead atoms. The van der Waals surface area contributed by atoms with Gasteiger partial charge in [-0.2, -0.15) is 0 Å². The number of amides is 1. The predicted octanol–water partition coefficient (Wildman–Crippen LogP) is 1.45. The van der Waals surface area contributed by atoms with Crippen LogP contribution in [0.4, 0.5) is 0 Å². The minimum Gasteiger partial charge on any atom is -0.379 e. The molecule has 5 heteroatoms. The molecule has 1 aliphatic heterocycles. The highest BCUT2D eigenvalue weighted by Gasteiger charge is 2.32. The Morgan fingerprint density at radius 2 is 2.20 bits per heavy atom. The van der Waals surface area contributed by atoms with E-state index in [4.69, 9.17) is 15.2 Å². The summed E-state index contributed by atoms with van der Waals surface area (Å²) in [6, 6.07) is 0. The van der Waals surface area contributed by atoms with Crippen LogP contribution in [0.2, 0.25) is 0 Å². The largest absolute Gasteiger partial charge is 0.379 e. The number of hydrogen-bond donors (Lipinski definition) is 2. The lowest BCUT2D eigenvalue weighted by molar-refractivity contribution is -0.131. The van der Waals surface area contributed by atoms with Crippen LogP contribution in [0.15, 0.2) is 0 Å². The molecule has 1 fully saturated rings. The molecule has 0 aromatic heterocycles. The lowest BCUT2D eigenvalue weighted by Gasteiger charge is -2.28. The zero-order valence-corrected chi connectivity index (χ0v) is 13.0. The van der Waals surface area contributed by atoms with Crippen molar-refractivity contribution in [1.82, 2.24) is 5.32 Å². The van der Waals surface area contributed by atoms with Gasteiger partial charge in [-0.25, -0.2) is 0 Å². The molecule has 1 amide bonds. The number of nitrogens with one attached hydrogen (secondary N) is 1. The van der Waals surface area contributed by atoms with Gasteiger partial charge in [0.1, 0.15) is 0 Å². The Labute approximate surface area is 122 Å². The zero-order valence-electron chi connectivity index (χ0n) is 13.0. The zero-order chi connectivity index (χ0) is 14.8. The highest BCUT2D eigenvalue weighted by molar-refractivity contribution is 5.82. The molecule has 0 radical (unpaired) electrons. The van der Waals surface area contributed by atoms with Crippen molar-refractivity contribution in [3.63, 3.8) is 0 Å². The fourth-order valence-corrected chi connectivity index (χ4v) is 2.51. The maximum atomic E-state index is 12.1. The SMILES string of the molecule is CCC(CC)(CN)C(=O)NCCCOCC1CCCO1. The predicted molar refractivity (Wildman–Crippen MR) is 79.5 cm³/mol. The molecular weight excluding hydrogens is 256 g/mol. The van der Waals surface area contributed by atoms with Crippen molar-refractivity contribution in [2.45, 2.75) is 52.1 Å². The number of rotatable bonds is 10. The van der Waals surface area contributed by atoms with Gasteiger partial charge in [0.2, 0.25) is 5.91 Å². The molecule has 20 heavy (non-hydrogen) atoms. The van der Waals surface area contributed by atoms with E-state index in [0.29, 0.717) is 26.3 Å². The molecule has 1 saturated heterocycles. The Bertz CT molecular complexity index is 266. The summed E-state index contributed by atoms with van der Waals surface area (Å²) in [4.78, 5) is 12.1. The molecule has 0 aromatic carbocycles. The average molecular weight is 286 g/mol. The summed E-state index contributed by atoms with van der Waals surface area (Å²) >= 11 is 0. The fraction of sp³-hybridized carbons (Fsp3) is 0.933. The third kappa shape index (κ3) is 5.04. The summed E-state index contributed by atoms with van der Waals surface area (Å²) in [7, 11) is 0. The van der Waals surface area contributed by atoms with E-state index in [9.17, 15) is 4.79 Å². The van der Waals surface area contributed by atoms with Crippen LogP contribution >= 0.6 is 0 Å². The standard InChI is InChI=1S/C15H30N2O3/c1-3-15(4-2,12-16)14(18)17-8-6-9-19-11-13-7-5-10-20-13/h13H,3-12,16H2,1-2H3,(H,17,18). The van der Waals surface area contributed by atoms with Gasteiger partial charge in [0.15, 0.2) is 0 Å². The quantitative estimate of drug-likeness (QED) is 0.596. The van der Waals surface area contributed by atoms with Crippen LogP contribution in [0.1, 0.15) is 46.0 Å². The Morgan fingerprint density at radius 3 is 2.75 bits per heavy atom. The second-order valence-electron chi connectivity index (χ2n) is 5.51. The van der Waals surface area contributed by atoms with E-state index < -0.39 is 5.41 Å². The molecule has 0 spiro atoms. The average Bonchev–Trinajstić information content (AvgIpc) is 2.98. The highest BCUT2D eigenvalue weighted by Crippen LogP contribution is 2.24. The van der Waals surface area contributed by atoms with E-state index in [2.05, 4.69) is 5.32 Å². The van der Waals surface area contributed by atoms with Gasteiger partial charge in [-0.3, -0.25) is 4.79 Å². The third-order valence-corrected chi connectivity index (χ3v) is 4.30. The van der Waals surface area contributed by atoms with E-state index >= 15 is 0 Å². The normalized spacial score (nSPS) is 19.2. The van der Waals surface area contributed by atoms with Crippen molar-refractivity contribution < 1.29 is 14.3 Å². The Kier molecular flexibility index (Phi) is 8.11. The minimum absolute atomic E-state index is 0.0733. The molecule has 0 aromatic rings. The summed E-state index contributed by atoms with van der Waals surface area (Å²) in [6.07, 6.45) is 4.90. The molecule has 1 atom stereocenters. The van der Waals surface area contributed by atoms with Gasteiger partial charge < -0.3 is 20.5 Å². The number of carbonyl (C=O) groups is 1. The Hall–Kier alpha value is -0.650. The molecule has 1 unspecified atom stereocenters. The van der Waals surface area contributed by atoms with Crippen LogP contribution in [0, 0.1) is 5.41 Å². The number of carbonyl (C=O) groups excluding carboxylic acids is 1. The molecule has 0 aliphatic carbocycles. The summed E-state index contributed by atoms with van der Waals surface area (Å²) in [5.74, 6) is 0.0733. The van der Waals surface area contributed by atoms with Gasteiger partial charge in [0.05, 0.1) is 18.1 Å². The maximum absolute atomic E-state index is 12.1.